The van der Waals surface area contributed by atoms with Crippen LogP contribution in [0.25, 0.3) is 0 Å². The molecule has 1 aliphatic heterocycles. The highest BCUT2D eigenvalue weighted by molar-refractivity contribution is 6.14. The van der Waals surface area contributed by atoms with Gasteiger partial charge in [-0.3, -0.25) is 9.59 Å². The first-order chi connectivity index (χ1) is 11.7. The zero-order chi connectivity index (χ0) is 18.1. The van der Waals surface area contributed by atoms with Gasteiger partial charge in [0.25, 0.3) is 0 Å². The summed E-state index contributed by atoms with van der Waals surface area (Å²) < 4.78 is 5.84. The van der Waals surface area contributed by atoms with Gasteiger partial charge in [0.1, 0.15) is 17.2 Å². The van der Waals surface area contributed by atoms with E-state index in [1.165, 1.54) is 0 Å². The van der Waals surface area contributed by atoms with E-state index in [1.54, 1.807) is 18.2 Å². The van der Waals surface area contributed by atoms with Crippen LogP contribution in [0.2, 0.25) is 0 Å². The number of hydrogen-bond acceptors (Lipinski definition) is 5. The Kier molecular flexibility index (Phi) is 3.08. The number of nitrogens with two attached hydrogens (primary N) is 2. The summed E-state index contributed by atoms with van der Waals surface area (Å²) in [6.07, 6.45) is 3.37. The summed E-state index contributed by atoms with van der Waals surface area (Å²) >= 11 is 0. The average Bonchev–Trinajstić information content (AvgIpc) is 2.96. The number of carbonyl (C=O) groups excluding carboxylic acids is 2. The minimum atomic E-state index is -1.85. The zero-order valence-corrected chi connectivity index (χ0v) is 14.1. The third kappa shape index (κ3) is 1.86. The Morgan fingerprint density at radius 1 is 1.40 bits per heavy atom. The Morgan fingerprint density at radius 2 is 2.12 bits per heavy atom. The van der Waals surface area contributed by atoms with Crippen molar-refractivity contribution in [2.24, 2.45) is 11.5 Å². The molecule has 0 radical (unpaired) electrons. The molecule has 6 nitrogen and oxygen atoms in total. The molecule has 3 unspecified atom stereocenters. The lowest BCUT2D eigenvalue weighted by Gasteiger charge is -2.30. The Labute approximate surface area is 145 Å². The third-order valence-electron chi connectivity index (χ3n) is 5.45. The van der Waals surface area contributed by atoms with E-state index in [0.29, 0.717) is 11.3 Å². The molecule has 1 heterocycles. The van der Waals surface area contributed by atoms with Crippen molar-refractivity contribution in [1.82, 2.24) is 0 Å². The minimum absolute atomic E-state index is 0.0635. The van der Waals surface area contributed by atoms with Crippen molar-refractivity contribution in [2.75, 3.05) is 0 Å². The Balaban J connectivity index is 1.88. The molecule has 5 N–H and O–H groups in total. The summed E-state index contributed by atoms with van der Waals surface area (Å²) in [6.45, 7) is 4.11. The lowest BCUT2D eigenvalue weighted by atomic mass is 9.79. The van der Waals surface area contributed by atoms with Crippen LogP contribution < -0.4 is 16.2 Å². The second kappa shape index (κ2) is 4.80. The summed E-state index contributed by atoms with van der Waals surface area (Å²) in [7, 11) is 0. The monoisotopic (exact) mass is 340 g/mol. The van der Waals surface area contributed by atoms with Crippen LogP contribution >= 0.6 is 0 Å². The number of fused-ring (bicyclic) bond motifs is 4. The normalized spacial score (nSPS) is 32.5. The van der Waals surface area contributed by atoms with Gasteiger partial charge in [-0.2, -0.15) is 0 Å². The zero-order valence-electron chi connectivity index (χ0n) is 14.1. The van der Waals surface area contributed by atoms with Crippen molar-refractivity contribution in [3.8, 4) is 5.75 Å². The Hall–Kier alpha value is -2.44. The number of rotatable bonds is 2. The number of ketones is 1. The van der Waals surface area contributed by atoms with Gasteiger partial charge >= 0.3 is 0 Å². The molecule has 3 atom stereocenters. The highest BCUT2D eigenvalue weighted by Crippen LogP contribution is 2.56. The molecular weight excluding hydrogens is 320 g/mol. The molecule has 0 spiro atoms. The summed E-state index contributed by atoms with van der Waals surface area (Å²) in [5, 5.41) is 11.2. The fourth-order valence-corrected chi connectivity index (χ4v) is 4.01. The van der Waals surface area contributed by atoms with Crippen LogP contribution in [0.5, 0.6) is 5.75 Å². The molecular formula is C19H20N2O4. The molecule has 0 bridgehead atoms. The van der Waals surface area contributed by atoms with E-state index in [0.717, 1.165) is 5.56 Å². The standard InChI is InChI=1S/C19H20N2O4/c1-9(2)10-5-6-11-13(8-10)25-19(24)12-4-3-7-18(21,17(20)23)15(12)16(22)14(11)19/h3-6,8-9,14,24H,7,21H2,1-2H3,(H2,20,23). The lowest BCUT2D eigenvalue weighted by Crippen LogP contribution is -2.55. The van der Waals surface area contributed by atoms with E-state index in [4.69, 9.17) is 16.2 Å². The first-order valence-corrected chi connectivity index (χ1v) is 8.30. The summed E-state index contributed by atoms with van der Waals surface area (Å²) in [5.74, 6) is -3.20. The number of Topliss-reactive ketones (excluding diaryl/α,β-unsaturated/α-hetero) is 1. The quantitative estimate of drug-likeness (QED) is 0.743. The molecule has 0 fully saturated rings. The van der Waals surface area contributed by atoms with Crippen molar-refractivity contribution >= 4 is 11.7 Å². The first-order valence-electron chi connectivity index (χ1n) is 8.30. The summed E-state index contributed by atoms with van der Waals surface area (Å²) in [5.41, 5.74) is 11.9. The van der Waals surface area contributed by atoms with Crippen molar-refractivity contribution in [1.29, 1.82) is 0 Å². The number of hydrogen-bond donors (Lipinski definition) is 3. The van der Waals surface area contributed by atoms with E-state index < -0.39 is 28.9 Å². The molecule has 6 heteroatoms. The molecule has 3 aliphatic rings. The van der Waals surface area contributed by atoms with Gasteiger partial charge in [0.2, 0.25) is 11.7 Å². The van der Waals surface area contributed by atoms with Crippen molar-refractivity contribution in [3.63, 3.8) is 0 Å². The van der Waals surface area contributed by atoms with Crippen molar-refractivity contribution < 1.29 is 19.4 Å². The molecule has 130 valence electrons. The van der Waals surface area contributed by atoms with Crippen LogP contribution in [0.1, 0.15) is 43.2 Å². The molecule has 0 saturated carbocycles. The number of aliphatic hydroxyl groups is 1. The van der Waals surface area contributed by atoms with E-state index in [9.17, 15) is 14.7 Å². The van der Waals surface area contributed by atoms with Gasteiger partial charge in [-0.25, -0.2) is 0 Å². The SMILES string of the molecule is CC(C)c1ccc2c(c1)OC1(O)C3=C(C(=O)C21)C(N)(C(N)=O)CC=C3. The average molecular weight is 340 g/mol. The molecule has 0 saturated heterocycles. The highest BCUT2D eigenvalue weighted by Gasteiger charge is 2.64. The fraction of sp³-hybridized carbons (Fsp3) is 0.368. The van der Waals surface area contributed by atoms with Crippen LogP contribution in [0, 0.1) is 0 Å². The maximum Gasteiger partial charge on any atom is 0.249 e. The fourth-order valence-electron chi connectivity index (χ4n) is 4.01. The molecule has 4 rings (SSSR count). The maximum absolute atomic E-state index is 13.1. The van der Waals surface area contributed by atoms with Crippen molar-refractivity contribution in [3.05, 3.63) is 52.6 Å². The van der Waals surface area contributed by atoms with Crippen molar-refractivity contribution in [2.45, 2.75) is 43.4 Å². The van der Waals surface area contributed by atoms with E-state index in [1.807, 2.05) is 12.1 Å². The third-order valence-corrected chi connectivity index (χ3v) is 5.45. The maximum atomic E-state index is 13.1. The molecule has 0 aromatic heterocycles. The second-order valence-electron chi connectivity index (χ2n) is 7.28. The van der Waals surface area contributed by atoms with Gasteiger partial charge in [-0.15, -0.1) is 0 Å². The molecule has 25 heavy (non-hydrogen) atoms. The van der Waals surface area contributed by atoms with E-state index in [-0.39, 0.29) is 23.5 Å². The van der Waals surface area contributed by atoms with E-state index >= 15 is 0 Å². The number of amides is 1. The van der Waals surface area contributed by atoms with Gasteiger partial charge in [0, 0.05) is 16.7 Å². The predicted molar refractivity (Wildman–Crippen MR) is 90.8 cm³/mol. The van der Waals surface area contributed by atoms with Crippen LogP contribution in [-0.4, -0.2) is 28.1 Å². The Morgan fingerprint density at radius 3 is 2.76 bits per heavy atom. The van der Waals surface area contributed by atoms with Gasteiger partial charge < -0.3 is 21.3 Å². The molecule has 2 aliphatic carbocycles. The van der Waals surface area contributed by atoms with Gasteiger partial charge in [-0.1, -0.05) is 38.1 Å². The van der Waals surface area contributed by atoms with Crippen LogP contribution in [0.3, 0.4) is 0 Å². The van der Waals surface area contributed by atoms with Gasteiger partial charge in [0.15, 0.2) is 5.78 Å². The van der Waals surface area contributed by atoms with Crippen LogP contribution in [-0.2, 0) is 9.59 Å². The number of carbonyl (C=O) groups is 2. The number of benzene rings is 1. The molecule has 1 aromatic carbocycles. The topological polar surface area (TPSA) is 116 Å². The second-order valence-corrected chi connectivity index (χ2v) is 7.28. The first kappa shape index (κ1) is 16.1. The highest BCUT2D eigenvalue weighted by atomic mass is 16.6. The van der Waals surface area contributed by atoms with Crippen LogP contribution in [0.15, 0.2) is 41.5 Å². The Bertz CT molecular complexity index is 885. The van der Waals surface area contributed by atoms with E-state index in [2.05, 4.69) is 13.8 Å². The smallest absolute Gasteiger partial charge is 0.249 e. The van der Waals surface area contributed by atoms with Gasteiger partial charge in [0.05, 0.1) is 0 Å². The number of ether oxygens (including phenoxy) is 1. The lowest BCUT2D eigenvalue weighted by molar-refractivity contribution is -0.132. The predicted octanol–water partition coefficient (Wildman–Crippen LogP) is 0.997. The molecule has 1 aromatic rings. The van der Waals surface area contributed by atoms with Crippen LogP contribution in [0.4, 0.5) is 0 Å². The minimum Gasteiger partial charge on any atom is -0.457 e. The van der Waals surface area contributed by atoms with Gasteiger partial charge in [-0.05, 0) is 24.0 Å². The summed E-state index contributed by atoms with van der Waals surface area (Å²) in [6, 6.07) is 5.57. The molecule has 1 amide bonds. The number of primary amides is 1. The summed E-state index contributed by atoms with van der Waals surface area (Å²) in [4.78, 5) is 25.0. The largest absolute Gasteiger partial charge is 0.457 e.